The molecule has 0 radical (unpaired) electrons. The van der Waals surface area contributed by atoms with Crippen LogP contribution in [0.1, 0.15) is 56.2 Å². The smallest absolute Gasteiger partial charge is 0.407 e. The van der Waals surface area contributed by atoms with Crippen molar-refractivity contribution < 1.29 is 29.0 Å². The number of carboxylic acids is 1. The van der Waals surface area contributed by atoms with Gasteiger partial charge in [-0.05, 0) is 47.6 Å². The summed E-state index contributed by atoms with van der Waals surface area (Å²) in [5.74, 6) is -1.93. The average molecular weight is 545 g/mol. The Labute approximate surface area is 234 Å². The van der Waals surface area contributed by atoms with E-state index in [0.29, 0.717) is 0 Å². The highest BCUT2D eigenvalue weighted by Crippen LogP contribution is 2.44. The summed E-state index contributed by atoms with van der Waals surface area (Å²) in [6, 6.07) is 24.3. The molecule has 2 atom stereocenters. The third-order valence-corrected chi connectivity index (χ3v) is 7.70. The largest absolute Gasteiger partial charge is 0.480 e. The maximum Gasteiger partial charge on any atom is 0.407 e. The van der Waals surface area contributed by atoms with E-state index in [9.17, 15) is 19.5 Å². The van der Waals surface area contributed by atoms with Crippen LogP contribution < -0.4 is 10.6 Å². The maximum atomic E-state index is 13.4. The van der Waals surface area contributed by atoms with Crippen LogP contribution in [-0.2, 0) is 25.7 Å². The number of rotatable bonds is 12. The van der Waals surface area contributed by atoms with E-state index in [0.717, 1.165) is 27.8 Å². The molecule has 3 N–H and O–H groups in total. The molecule has 0 spiro atoms. The summed E-state index contributed by atoms with van der Waals surface area (Å²) in [4.78, 5) is 38.5. The van der Waals surface area contributed by atoms with E-state index in [1.165, 1.54) is 0 Å². The number of ether oxygens (including phenoxy) is 2. The van der Waals surface area contributed by atoms with Crippen molar-refractivity contribution in [3.05, 3.63) is 95.6 Å². The van der Waals surface area contributed by atoms with Gasteiger partial charge in [-0.15, -0.1) is 0 Å². The molecule has 1 aliphatic rings. The number of aliphatic carboxylic acids is 1. The summed E-state index contributed by atoms with van der Waals surface area (Å²) in [6.07, 6.45) is -1.20. The van der Waals surface area contributed by atoms with E-state index in [2.05, 4.69) is 22.8 Å². The zero-order valence-corrected chi connectivity index (χ0v) is 23.1. The minimum absolute atomic E-state index is 0.0798. The lowest BCUT2D eigenvalue weighted by molar-refractivity contribution is -0.149. The minimum Gasteiger partial charge on any atom is -0.480 e. The predicted octanol–water partition coefficient (Wildman–Crippen LogP) is 5.26. The second-order valence-corrected chi connectivity index (χ2v) is 10.0. The van der Waals surface area contributed by atoms with Crippen LogP contribution in [0, 0.1) is 0 Å². The van der Waals surface area contributed by atoms with Gasteiger partial charge in [0, 0.05) is 5.92 Å². The normalized spacial score (nSPS) is 14.0. The molecule has 0 aliphatic heterocycles. The molecule has 0 aromatic heterocycles. The van der Waals surface area contributed by atoms with Gasteiger partial charge < -0.3 is 25.2 Å². The van der Waals surface area contributed by atoms with Crippen LogP contribution in [0.3, 0.4) is 0 Å². The van der Waals surface area contributed by atoms with Gasteiger partial charge in [-0.1, -0.05) is 92.7 Å². The van der Waals surface area contributed by atoms with Crippen LogP contribution in [0.2, 0.25) is 0 Å². The van der Waals surface area contributed by atoms with E-state index in [4.69, 9.17) is 9.47 Å². The van der Waals surface area contributed by atoms with Crippen molar-refractivity contribution in [2.45, 2.75) is 63.8 Å². The van der Waals surface area contributed by atoms with Crippen LogP contribution in [0.5, 0.6) is 0 Å². The Kier molecular flexibility index (Phi) is 9.22. The Balaban J connectivity index is 1.48. The summed E-state index contributed by atoms with van der Waals surface area (Å²) in [7, 11) is 0. The summed E-state index contributed by atoms with van der Waals surface area (Å²) in [6.45, 7) is 5.35. The highest BCUT2D eigenvalue weighted by molar-refractivity contribution is 5.91. The summed E-state index contributed by atoms with van der Waals surface area (Å²) in [5.41, 5.74) is 3.80. The average Bonchev–Trinajstić information content (AvgIpc) is 3.30. The van der Waals surface area contributed by atoms with Gasteiger partial charge in [0.25, 0.3) is 0 Å². The summed E-state index contributed by atoms with van der Waals surface area (Å²) >= 11 is 0. The molecule has 0 saturated heterocycles. The third-order valence-electron chi connectivity index (χ3n) is 7.70. The molecule has 0 bridgehead atoms. The van der Waals surface area contributed by atoms with E-state index >= 15 is 0 Å². The molecule has 0 heterocycles. The zero-order chi connectivity index (χ0) is 28.7. The molecule has 2 amide bonds. The fourth-order valence-electron chi connectivity index (χ4n) is 5.16. The number of fused-ring (bicyclic) bond motifs is 3. The summed E-state index contributed by atoms with van der Waals surface area (Å²) in [5, 5.41) is 15.1. The second kappa shape index (κ2) is 12.8. The Hall–Kier alpha value is -4.17. The van der Waals surface area contributed by atoms with Gasteiger partial charge in [-0.2, -0.15) is 0 Å². The number of hydrogen-bond donors (Lipinski definition) is 3. The van der Waals surface area contributed by atoms with Gasteiger partial charge in [-0.3, -0.25) is 4.79 Å². The second-order valence-electron chi connectivity index (χ2n) is 10.0. The van der Waals surface area contributed by atoms with Crippen molar-refractivity contribution in [3.63, 3.8) is 0 Å². The van der Waals surface area contributed by atoms with Crippen LogP contribution in [-0.4, -0.2) is 47.4 Å². The molecule has 0 saturated carbocycles. The Morgan fingerprint density at radius 3 is 1.98 bits per heavy atom. The molecule has 3 aromatic carbocycles. The fraction of sp³-hybridized carbons (Fsp3) is 0.344. The molecule has 4 rings (SSSR count). The first-order valence-electron chi connectivity index (χ1n) is 13.6. The number of carboxylic acid groups (broad SMARTS) is 1. The van der Waals surface area contributed by atoms with Crippen molar-refractivity contribution in [1.82, 2.24) is 10.6 Å². The standard InChI is InChI=1S/C32H36N2O6/c1-4-32(5-2,30(36)37)34-29(35)28(21(3)39-19-22-13-7-6-8-14-22)33-31(38)40-20-27-25-17-11-9-15-23(25)24-16-10-12-18-26(24)27/h6-18,21,27-28H,4-5,19-20H2,1-3H3,(H,33,38)(H,34,35)(H,36,37)/t21-,28+/m0/s1. The van der Waals surface area contributed by atoms with E-state index in [1.807, 2.05) is 66.7 Å². The number of benzene rings is 3. The fourth-order valence-corrected chi connectivity index (χ4v) is 5.16. The van der Waals surface area contributed by atoms with Crippen LogP contribution in [0.15, 0.2) is 78.9 Å². The quantitative estimate of drug-likeness (QED) is 0.287. The molecule has 210 valence electrons. The number of nitrogens with one attached hydrogen (secondary N) is 2. The third kappa shape index (κ3) is 6.18. The molecular formula is C32H36N2O6. The molecule has 3 aromatic rings. The van der Waals surface area contributed by atoms with Gasteiger partial charge in [0.15, 0.2) is 0 Å². The van der Waals surface area contributed by atoms with Crippen molar-refractivity contribution in [1.29, 1.82) is 0 Å². The molecule has 8 heteroatoms. The number of carbonyl (C=O) groups is 3. The van der Waals surface area contributed by atoms with Crippen molar-refractivity contribution in [2.75, 3.05) is 6.61 Å². The lowest BCUT2D eigenvalue weighted by Crippen LogP contribution is -2.61. The molecule has 0 unspecified atom stereocenters. The first-order valence-corrected chi connectivity index (χ1v) is 13.6. The lowest BCUT2D eigenvalue weighted by Gasteiger charge is -2.32. The number of amides is 2. The number of alkyl carbamates (subject to hydrolysis) is 1. The maximum absolute atomic E-state index is 13.4. The first kappa shape index (κ1) is 28.8. The van der Waals surface area contributed by atoms with Gasteiger partial charge in [0.05, 0.1) is 12.7 Å². The van der Waals surface area contributed by atoms with Gasteiger partial charge >= 0.3 is 12.1 Å². The number of hydrogen-bond acceptors (Lipinski definition) is 5. The van der Waals surface area contributed by atoms with Crippen molar-refractivity contribution in [2.24, 2.45) is 0 Å². The van der Waals surface area contributed by atoms with Crippen LogP contribution >= 0.6 is 0 Å². The van der Waals surface area contributed by atoms with Crippen LogP contribution in [0.4, 0.5) is 4.79 Å². The highest BCUT2D eigenvalue weighted by Gasteiger charge is 2.40. The van der Waals surface area contributed by atoms with Gasteiger partial charge in [0.2, 0.25) is 5.91 Å². The molecule has 1 aliphatic carbocycles. The Bertz CT molecular complexity index is 1290. The topological polar surface area (TPSA) is 114 Å². The van der Waals surface area contributed by atoms with Crippen molar-refractivity contribution >= 4 is 18.0 Å². The van der Waals surface area contributed by atoms with Gasteiger partial charge in [-0.25, -0.2) is 9.59 Å². The molecule has 8 nitrogen and oxygen atoms in total. The van der Waals surface area contributed by atoms with Gasteiger partial charge in [0.1, 0.15) is 18.2 Å². The Morgan fingerprint density at radius 2 is 1.43 bits per heavy atom. The highest BCUT2D eigenvalue weighted by atomic mass is 16.5. The minimum atomic E-state index is -1.46. The van der Waals surface area contributed by atoms with E-state index in [-0.39, 0.29) is 32.0 Å². The molecule has 0 fully saturated rings. The van der Waals surface area contributed by atoms with Crippen molar-refractivity contribution in [3.8, 4) is 11.1 Å². The SMILES string of the molecule is CCC(CC)(NC(=O)[C@H](NC(=O)OCC1c2ccccc2-c2ccccc21)[C@H](C)OCc1ccccc1)C(=O)O. The van der Waals surface area contributed by atoms with Crippen LogP contribution in [0.25, 0.3) is 11.1 Å². The molecular weight excluding hydrogens is 508 g/mol. The van der Waals surface area contributed by atoms with E-state index < -0.39 is 35.7 Å². The first-order chi connectivity index (χ1) is 19.3. The zero-order valence-electron chi connectivity index (χ0n) is 23.1. The predicted molar refractivity (Wildman–Crippen MR) is 152 cm³/mol. The molecule has 40 heavy (non-hydrogen) atoms. The Morgan fingerprint density at radius 1 is 0.875 bits per heavy atom. The number of carbonyl (C=O) groups excluding carboxylic acids is 2. The summed E-state index contributed by atoms with van der Waals surface area (Å²) < 4.78 is 11.6. The lowest BCUT2D eigenvalue weighted by atomic mass is 9.92. The van der Waals surface area contributed by atoms with E-state index in [1.54, 1.807) is 20.8 Å². The monoisotopic (exact) mass is 544 g/mol.